The number of aliphatic hydroxyl groups excluding tert-OH is 1. The van der Waals surface area contributed by atoms with Crippen LogP contribution in [0.2, 0.25) is 0 Å². The monoisotopic (exact) mass is 195 g/mol. The summed E-state index contributed by atoms with van der Waals surface area (Å²) in [6.45, 7) is 4.15. The van der Waals surface area contributed by atoms with Crippen LogP contribution >= 0.6 is 0 Å². The van der Waals surface area contributed by atoms with E-state index in [1.807, 2.05) is 12.1 Å². The number of aliphatic hydroxyl groups is 1. The third-order valence-corrected chi connectivity index (χ3v) is 2.22. The van der Waals surface area contributed by atoms with Gasteiger partial charge in [0.05, 0.1) is 7.11 Å². The molecular weight excluding hydrogens is 178 g/mol. The van der Waals surface area contributed by atoms with Crippen molar-refractivity contribution in [2.24, 2.45) is 5.73 Å². The van der Waals surface area contributed by atoms with E-state index in [9.17, 15) is 5.11 Å². The first kappa shape index (κ1) is 11.0. The van der Waals surface area contributed by atoms with E-state index in [0.717, 1.165) is 16.9 Å². The molecule has 3 heteroatoms. The lowest BCUT2D eigenvalue weighted by Gasteiger charge is -2.14. The lowest BCUT2D eigenvalue weighted by Crippen LogP contribution is -2.09. The molecule has 0 amide bonds. The fraction of sp³-hybridized carbons (Fsp3) is 0.455. The number of nitrogens with two attached hydrogens (primary N) is 1. The van der Waals surface area contributed by atoms with Gasteiger partial charge in [-0.05, 0) is 29.2 Å². The van der Waals surface area contributed by atoms with Crippen molar-refractivity contribution >= 4 is 0 Å². The van der Waals surface area contributed by atoms with Gasteiger partial charge in [0.15, 0.2) is 0 Å². The summed E-state index contributed by atoms with van der Waals surface area (Å²) in [6, 6.07) is 5.49. The predicted octanol–water partition coefficient (Wildman–Crippen LogP) is 1.77. The van der Waals surface area contributed by atoms with E-state index in [4.69, 9.17) is 10.5 Å². The first-order chi connectivity index (χ1) is 6.56. The third kappa shape index (κ3) is 2.25. The van der Waals surface area contributed by atoms with Crippen molar-refractivity contribution < 1.29 is 9.84 Å². The van der Waals surface area contributed by atoms with Crippen LogP contribution in [0.1, 0.15) is 37.1 Å². The maximum Gasteiger partial charge on any atom is 0.128 e. The van der Waals surface area contributed by atoms with Crippen LogP contribution in [0.5, 0.6) is 5.75 Å². The van der Waals surface area contributed by atoms with Crippen LogP contribution in [0.15, 0.2) is 18.2 Å². The summed E-state index contributed by atoms with van der Waals surface area (Å²) in [5, 5.41) is 9.23. The molecule has 1 rings (SSSR count). The summed E-state index contributed by atoms with van der Waals surface area (Å²) >= 11 is 0. The average Bonchev–Trinajstić information content (AvgIpc) is 2.16. The highest BCUT2D eigenvalue weighted by Crippen LogP contribution is 2.28. The van der Waals surface area contributed by atoms with Crippen molar-refractivity contribution in [3.05, 3.63) is 29.3 Å². The van der Waals surface area contributed by atoms with Crippen LogP contribution in [0, 0.1) is 0 Å². The molecule has 3 nitrogen and oxygen atoms in total. The molecule has 0 heterocycles. The molecule has 0 radical (unpaired) electrons. The lowest BCUT2D eigenvalue weighted by atomic mass is 9.99. The Morgan fingerprint density at radius 2 is 2.00 bits per heavy atom. The zero-order valence-corrected chi connectivity index (χ0v) is 8.82. The van der Waals surface area contributed by atoms with Gasteiger partial charge in [0.25, 0.3) is 0 Å². The Morgan fingerprint density at radius 3 is 2.43 bits per heavy atom. The normalized spacial score (nSPS) is 13.0. The number of hydrogen-bond acceptors (Lipinski definition) is 3. The average molecular weight is 195 g/mol. The SMILES string of the molecule is COc1ccc(C(N)O)cc1C(C)C. The van der Waals surface area contributed by atoms with E-state index in [1.165, 1.54) is 0 Å². The fourth-order valence-corrected chi connectivity index (χ4v) is 1.39. The number of rotatable bonds is 3. The maximum atomic E-state index is 9.23. The molecule has 1 unspecified atom stereocenters. The minimum Gasteiger partial charge on any atom is -0.496 e. The van der Waals surface area contributed by atoms with Crippen molar-refractivity contribution in [2.75, 3.05) is 7.11 Å². The van der Waals surface area contributed by atoms with E-state index < -0.39 is 6.23 Å². The van der Waals surface area contributed by atoms with Gasteiger partial charge in [-0.3, -0.25) is 0 Å². The van der Waals surface area contributed by atoms with Crippen LogP contribution in [0.3, 0.4) is 0 Å². The molecule has 0 fully saturated rings. The highest BCUT2D eigenvalue weighted by atomic mass is 16.5. The molecule has 0 saturated carbocycles. The lowest BCUT2D eigenvalue weighted by molar-refractivity contribution is 0.186. The van der Waals surface area contributed by atoms with Crippen molar-refractivity contribution in [3.63, 3.8) is 0 Å². The van der Waals surface area contributed by atoms with Crippen molar-refractivity contribution in [1.82, 2.24) is 0 Å². The second-order valence-electron chi connectivity index (χ2n) is 3.60. The highest BCUT2D eigenvalue weighted by Gasteiger charge is 2.10. The maximum absolute atomic E-state index is 9.23. The Kier molecular flexibility index (Phi) is 3.49. The second-order valence-corrected chi connectivity index (χ2v) is 3.60. The molecule has 0 aromatic heterocycles. The zero-order valence-electron chi connectivity index (χ0n) is 8.82. The summed E-state index contributed by atoms with van der Waals surface area (Å²) in [5.41, 5.74) is 7.17. The second kappa shape index (κ2) is 4.44. The molecule has 1 aromatic carbocycles. The van der Waals surface area contributed by atoms with Gasteiger partial charge in [-0.2, -0.15) is 0 Å². The molecule has 78 valence electrons. The van der Waals surface area contributed by atoms with Crippen molar-refractivity contribution in [3.8, 4) is 5.75 Å². The molecule has 0 aliphatic heterocycles. The topological polar surface area (TPSA) is 55.5 Å². The first-order valence-corrected chi connectivity index (χ1v) is 4.67. The zero-order chi connectivity index (χ0) is 10.7. The molecule has 1 atom stereocenters. The van der Waals surface area contributed by atoms with Gasteiger partial charge in [-0.1, -0.05) is 19.9 Å². The van der Waals surface area contributed by atoms with Gasteiger partial charge < -0.3 is 15.6 Å². The van der Waals surface area contributed by atoms with Crippen LogP contribution in [-0.4, -0.2) is 12.2 Å². The Labute approximate surface area is 84.5 Å². The largest absolute Gasteiger partial charge is 0.496 e. The van der Waals surface area contributed by atoms with Gasteiger partial charge in [0.2, 0.25) is 0 Å². The summed E-state index contributed by atoms with van der Waals surface area (Å²) in [6.07, 6.45) is -0.918. The van der Waals surface area contributed by atoms with Gasteiger partial charge in [-0.25, -0.2) is 0 Å². The number of methoxy groups -OCH3 is 1. The summed E-state index contributed by atoms with van der Waals surface area (Å²) < 4.78 is 5.22. The molecule has 0 bridgehead atoms. The molecule has 0 aliphatic carbocycles. The van der Waals surface area contributed by atoms with Gasteiger partial charge >= 0.3 is 0 Å². The standard InChI is InChI=1S/C11H17NO2/c1-7(2)9-6-8(11(12)13)4-5-10(9)14-3/h4-7,11,13H,12H2,1-3H3. The van der Waals surface area contributed by atoms with E-state index in [1.54, 1.807) is 13.2 Å². The Morgan fingerprint density at radius 1 is 1.36 bits per heavy atom. The number of benzene rings is 1. The van der Waals surface area contributed by atoms with E-state index in [-0.39, 0.29) is 0 Å². The molecule has 14 heavy (non-hydrogen) atoms. The van der Waals surface area contributed by atoms with Crippen LogP contribution in [0.4, 0.5) is 0 Å². The summed E-state index contributed by atoms with van der Waals surface area (Å²) in [4.78, 5) is 0. The molecule has 0 saturated heterocycles. The molecule has 0 aliphatic rings. The number of ether oxygens (including phenoxy) is 1. The Balaban J connectivity index is 3.14. The van der Waals surface area contributed by atoms with Crippen LogP contribution < -0.4 is 10.5 Å². The summed E-state index contributed by atoms with van der Waals surface area (Å²) in [7, 11) is 1.64. The minimum atomic E-state index is -0.918. The fourth-order valence-electron chi connectivity index (χ4n) is 1.39. The third-order valence-electron chi connectivity index (χ3n) is 2.22. The Bertz CT molecular complexity index is 308. The van der Waals surface area contributed by atoms with Gasteiger partial charge in [0.1, 0.15) is 12.0 Å². The van der Waals surface area contributed by atoms with Crippen LogP contribution in [-0.2, 0) is 0 Å². The van der Waals surface area contributed by atoms with Crippen molar-refractivity contribution in [2.45, 2.75) is 26.0 Å². The Hall–Kier alpha value is -1.06. The van der Waals surface area contributed by atoms with Crippen molar-refractivity contribution in [1.29, 1.82) is 0 Å². The molecule has 0 spiro atoms. The minimum absolute atomic E-state index is 0.351. The van der Waals surface area contributed by atoms with Gasteiger partial charge in [-0.15, -0.1) is 0 Å². The van der Waals surface area contributed by atoms with Gasteiger partial charge in [0, 0.05) is 0 Å². The smallest absolute Gasteiger partial charge is 0.128 e. The molecular formula is C11H17NO2. The van der Waals surface area contributed by atoms with E-state index in [2.05, 4.69) is 13.8 Å². The highest BCUT2D eigenvalue weighted by molar-refractivity contribution is 5.39. The summed E-state index contributed by atoms with van der Waals surface area (Å²) in [5.74, 6) is 1.19. The van der Waals surface area contributed by atoms with E-state index in [0.29, 0.717) is 5.92 Å². The molecule has 3 N–H and O–H groups in total. The van der Waals surface area contributed by atoms with Crippen LogP contribution in [0.25, 0.3) is 0 Å². The predicted molar refractivity (Wildman–Crippen MR) is 56.2 cm³/mol. The first-order valence-electron chi connectivity index (χ1n) is 4.67. The van der Waals surface area contributed by atoms with E-state index >= 15 is 0 Å². The number of hydrogen-bond donors (Lipinski definition) is 2. The molecule has 1 aromatic rings. The quantitative estimate of drug-likeness (QED) is 0.723.